The molecular weight excluding hydrogens is 280 g/mol. The van der Waals surface area contributed by atoms with Crippen LogP contribution in [0.3, 0.4) is 0 Å². The summed E-state index contributed by atoms with van der Waals surface area (Å²) < 4.78 is 1.87. The Morgan fingerprint density at radius 1 is 1.29 bits per heavy atom. The van der Waals surface area contributed by atoms with Crippen LogP contribution in [0, 0.1) is 0 Å². The highest BCUT2D eigenvalue weighted by Crippen LogP contribution is 2.27. The fourth-order valence-corrected chi connectivity index (χ4v) is 2.65. The van der Waals surface area contributed by atoms with E-state index in [1.807, 2.05) is 35.0 Å². The van der Waals surface area contributed by atoms with Crippen molar-refractivity contribution in [2.75, 3.05) is 0 Å². The van der Waals surface area contributed by atoms with Gasteiger partial charge in [0.05, 0.1) is 28.0 Å². The lowest BCUT2D eigenvalue weighted by molar-refractivity contribution is 0.0981. The molecule has 0 bridgehead atoms. The Morgan fingerprint density at radius 2 is 2.06 bits per heavy atom. The summed E-state index contributed by atoms with van der Waals surface area (Å²) in [5.74, 6) is 0.147. The lowest BCUT2D eigenvalue weighted by atomic mass is 9.96. The SMILES string of the molecule is O=C1c2cnn(-c3ccccc3)c2CCC1Br. The molecule has 0 aliphatic heterocycles. The molecule has 1 heterocycles. The highest BCUT2D eigenvalue weighted by Gasteiger charge is 2.28. The van der Waals surface area contributed by atoms with E-state index in [9.17, 15) is 4.79 Å². The molecule has 1 unspecified atom stereocenters. The maximum Gasteiger partial charge on any atom is 0.179 e. The average molecular weight is 291 g/mol. The highest BCUT2D eigenvalue weighted by atomic mass is 79.9. The summed E-state index contributed by atoms with van der Waals surface area (Å²) in [5.41, 5.74) is 2.79. The normalized spacial score (nSPS) is 19.1. The zero-order valence-electron chi connectivity index (χ0n) is 9.14. The molecule has 86 valence electrons. The molecule has 0 radical (unpaired) electrons. The van der Waals surface area contributed by atoms with Crippen LogP contribution < -0.4 is 0 Å². The van der Waals surface area contributed by atoms with Gasteiger partial charge in [0, 0.05) is 0 Å². The molecule has 1 aromatic carbocycles. The first kappa shape index (κ1) is 10.7. The fraction of sp³-hybridized carbons (Fsp3) is 0.231. The summed E-state index contributed by atoms with van der Waals surface area (Å²) in [4.78, 5) is 11.9. The predicted octanol–water partition coefficient (Wildman–Crippen LogP) is 2.76. The van der Waals surface area contributed by atoms with Crippen molar-refractivity contribution in [3.63, 3.8) is 0 Å². The smallest absolute Gasteiger partial charge is 0.179 e. The number of hydrogen-bond acceptors (Lipinski definition) is 2. The Kier molecular flexibility index (Phi) is 2.59. The minimum Gasteiger partial charge on any atom is -0.293 e. The largest absolute Gasteiger partial charge is 0.293 e. The van der Waals surface area contributed by atoms with Crippen molar-refractivity contribution in [1.29, 1.82) is 0 Å². The van der Waals surface area contributed by atoms with Crippen molar-refractivity contribution in [1.82, 2.24) is 9.78 Å². The highest BCUT2D eigenvalue weighted by molar-refractivity contribution is 9.10. The third-order valence-corrected chi connectivity index (χ3v) is 3.93. The molecule has 0 spiro atoms. The summed E-state index contributed by atoms with van der Waals surface area (Å²) in [6, 6.07) is 9.91. The van der Waals surface area contributed by atoms with Crippen LogP contribution in [0.25, 0.3) is 5.69 Å². The second kappa shape index (κ2) is 4.11. The number of fused-ring (bicyclic) bond motifs is 1. The van der Waals surface area contributed by atoms with E-state index in [2.05, 4.69) is 21.0 Å². The van der Waals surface area contributed by atoms with E-state index in [0.717, 1.165) is 29.8 Å². The van der Waals surface area contributed by atoms with E-state index in [1.165, 1.54) is 0 Å². The summed E-state index contributed by atoms with van der Waals surface area (Å²) in [5, 5.41) is 4.33. The zero-order chi connectivity index (χ0) is 11.8. The molecule has 0 amide bonds. The van der Waals surface area contributed by atoms with Crippen LogP contribution in [-0.2, 0) is 6.42 Å². The maximum atomic E-state index is 12.0. The first-order chi connectivity index (χ1) is 8.27. The van der Waals surface area contributed by atoms with Gasteiger partial charge in [-0.15, -0.1) is 0 Å². The van der Waals surface area contributed by atoms with Crippen LogP contribution in [0.1, 0.15) is 22.5 Å². The molecule has 2 aromatic rings. The van der Waals surface area contributed by atoms with Crippen molar-refractivity contribution in [2.45, 2.75) is 17.7 Å². The number of Topliss-reactive ketones (excluding diaryl/α,β-unsaturated/α-hetero) is 1. The van der Waals surface area contributed by atoms with E-state index in [0.29, 0.717) is 0 Å². The molecule has 1 aromatic heterocycles. The molecule has 0 saturated heterocycles. The maximum absolute atomic E-state index is 12.0. The van der Waals surface area contributed by atoms with Gasteiger partial charge in [0.25, 0.3) is 0 Å². The summed E-state index contributed by atoms with van der Waals surface area (Å²) in [6.45, 7) is 0. The van der Waals surface area contributed by atoms with Crippen LogP contribution in [0.15, 0.2) is 36.5 Å². The second-order valence-corrected chi connectivity index (χ2v) is 5.23. The van der Waals surface area contributed by atoms with Crippen molar-refractivity contribution < 1.29 is 4.79 Å². The molecule has 3 nitrogen and oxygen atoms in total. The van der Waals surface area contributed by atoms with Crippen molar-refractivity contribution in [3.05, 3.63) is 47.8 Å². The van der Waals surface area contributed by atoms with Gasteiger partial charge in [0.1, 0.15) is 0 Å². The Labute approximate surface area is 108 Å². The molecule has 0 fully saturated rings. The molecule has 1 atom stereocenters. The van der Waals surface area contributed by atoms with Gasteiger partial charge in [-0.05, 0) is 25.0 Å². The number of alkyl halides is 1. The number of rotatable bonds is 1. The van der Waals surface area contributed by atoms with E-state index in [4.69, 9.17) is 0 Å². The number of carbonyl (C=O) groups excluding carboxylic acids is 1. The van der Waals surface area contributed by atoms with Gasteiger partial charge >= 0.3 is 0 Å². The molecular formula is C13H11BrN2O. The molecule has 17 heavy (non-hydrogen) atoms. The fourth-order valence-electron chi connectivity index (χ4n) is 2.18. The standard InChI is InChI=1S/C13H11BrN2O/c14-11-6-7-12-10(13(11)17)8-15-16(12)9-4-2-1-3-5-9/h1-5,8,11H,6-7H2. The summed E-state index contributed by atoms with van der Waals surface area (Å²) in [6.07, 6.45) is 3.40. The van der Waals surface area contributed by atoms with Crippen molar-refractivity contribution in [3.8, 4) is 5.69 Å². The number of benzene rings is 1. The number of nitrogens with zero attached hydrogens (tertiary/aromatic N) is 2. The lowest BCUT2D eigenvalue weighted by Gasteiger charge is -2.17. The van der Waals surface area contributed by atoms with E-state index >= 15 is 0 Å². The minimum atomic E-state index is -0.0524. The quantitative estimate of drug-likeness (QED) is 0.757. The van der Waals surface area contributed by atoms with Crippen LogP contribution >= 0.6 is 15.9 Å². The second-order valence-electron chi connectivity index (χ2n) is 4.12. The molecule has 0 saturated carbocycles. The minimum absolute atomic E-state index is 0.0524. The van der Waals surface area contributed by atoms with Gasteiger partial charge in [-0.3, -0.25) is 4.79 Å². The van der Waals surface area contributed by atoms with Crippen molar-refractivity contribution >= 4 is 21.7 Å². The van der Waals surface area contributed by atoms with Crippen LogP contribution in [0.5, 0.6) is 0 Å². The molecule has 3 rings (SSSR count). The first-order valence-electron chi connectivity index (χ1n) is 5.58. The van der Waals surface area contributed by atoms with Gasteiger partial charge in [0.2, 0.25) is 0 Å². The molecule has 0 N–H and O–H groups in total. The number of para-hydroxylation sites is 1. The average Bonchev–Trinajstić information content (AvgIpc) is 2.79. The third-order valence-electron chi connectivity index (χ3n) is 3.05. The van der Waals surface area contributed by atoms with Gasteiger partial charge < -0.3 is 0 Å². The Morgan fingerprint density at radius 3 is 2.82 bits per heavy atom. The van der Waals surface area contributed by atoms with Crippen LogP contribution in [0.4, 0.5) is 0 Å². The number of ketones is 1. The number of carbonyl (C=O) groups is 1. The van der Waals surface area contributed by atoms with Crippen LogP contribution in [0.2, 0.25) is 0 Å². The van der Waals surface area contributed by atoms with Crippen LogP contribution in [-0.4, -0.2) is 20.4 Å². The van der Waals surface area contributed by atoms with E-state index in [1.54, 1.807) is 6.20 Å². The van der Waals surface area contributed by atoms with Gasteiger partial charge in [-0.25, -0.2) is 4.68 Å². The Bertz CT molecular complexity index is 562. The number of aromatic nitrogens is 2. The Hall–Kier alpha value is -1.42. The van der Waals surface area contributed by atoms with Gasteiger partial charge in [-0.1, -0.05) is 34.1 Å². The summed E-state index contributed by atoms with van der Waals surface area (Å²) in [7, 11) is 0. The first-order valence-corrected chi connectivity index (χ1v) is 6.49. The monoisotopic (exact) mass is 290 g/mol. The predicted molar refractivity (Wildman–Crippen MR) is 68.9 cm³/mol. The molecule has 1 aliphatic rings. The number of hydrogen-bond donors (Lipinski definition) is 0. The summed E-state index contributed by atoms with van der Waals surface area (Å²) >= 11 is 3.40. The topological polar surface area (TPSA) is 34.9 Å². The third kappa shape index (κ3) is 1.72. The van der Waals surface area contributed by atoms with Gasteiger partial charge in [-0.2, -0.15) is 5.10 Å². The van der Waals surface area contributed by atoms with E-state index in [-0.39, 0.29) is 10.6 Å². The van der Waals surface area contributed by atoms with Crippen molar-refractivity contribution in [2.24, 2.45) is 0 Å². The Balaban J connectivity index is 2.11. The van der Waals surface area contributed by atoms with Gasteiger partial charge in [0.15, 0.2) is 5.78 Å². The molecule has 1 aliphatic carbocycles. The van der Waals surface area contributed by atoms with E-state index < -0.39 is 0 Å². The lowest BCUT2D eigenvalue weighted by Crippen LogP contribution is -2.22. The zero-order valence-corrected chi connectivity index (χ0v) is 10.7. The number of halogens is 1. The molecule has 4 heteroatoms.